The van der Waals surface area contributed by atoms with Crippen LogP contribution in [0.2, 0.25) is 0 Å². The Hall–Kier alpha value is -0.660. The van der Waals surface area contributed by atoms with Gasteiger partial charge in [0.1, 0.15) is 11.6 Å². The maximum atomic E-state index is 11.0. The third-order valence-corrected chi connectivity index (χ3v) is 2.04. The maximum Gasteiger partial charge on any atom is 0.144 e. The Morgan fingerprint density at radius 1 is 1.40 bits per heavy atom. The Morgan fingerprint density at radius 2 is 2.00 bits per heavy atom. The highest BCUT2D eigenvalue weighted by Crippen LogP contribution is 2.25. The highest BCUT2D eigenvalue weighted by Gasteiger charge is 2.32. The van der Waals surface area contributed by atoms with Crippen LogP contribution in [-0.2, 0) is 9.59 Å². The smallest absolute Gasteiger partial charge is 0.144 e. The molecule has 1 aliphatic carbocycles. The standard InChI is InChI=1S/C8H12O2/c1-5(2)7-3-6(9)4-8(7)10/h5,7H,3-4H2,1-2H3. The maximum absolute atomic E-state index is 11.0. The largest absolute Gasteiger partial charge is 0.299 e. The summed E-state index contributed by atoms with van der Waals surface area (Å²) in [5, 5.41) is 0. The first-order valence-corrected chi connectivity index (χ1v) is 3.65. The van der Waals surface area contributed by atoms with E-state index in [1.165, 1.54) is 0 Å². The van der Waals surface area contributed by atoms with Crippen LogP contribution in [-0.4, -0.2) is 11.6 Å². The zero-order chi connectivity index (χ0) is 7.72. The number of hydrogen-bond acceptors (Lipinski definition) is 2. The van der Waals surface area contributed by atoms with Gasteiger partial charge in [-0.25, -0.2) is 0 Å². The molecule has 0 aromatic heterocycles. The van der Waals surface area contributed by atoms with E-state index in [0.717, 1.165) is 0 Å². The summed E-state index contributed by atoms with van der Waals surface area (Å²) >= 11 is 0. The zero-order valence-corrected chi connectivity index (χ0v) is 6.39. The van der Waals surface area contributed by atoms with E-state index in [2.05, 4.69) is 0 Å². The van der Waals surface area contributed by atoms with Crippen LogP contribution in [0.4, 0.5) is 0 Å². The molecule has 0 heterocycles. The molecule has 1 saturated carbocycles. The first-order valence-electron chi connectivity index (χ1n) is 3.65. The van der Waals surface area contributed by atoms with Gasteiger partial charge in [0, 0.05) is 12.3 Å². The summed E-state index contributed by atoms with van der Waals surface area (Å²) in [6.07, 6.45) is 0.666. The molecule has 0 aromatic carbocycles. The number of ketones is 2. The molecule has 56 valence electrons. The Labute approximate surface area is 60.6 Å². The van der Waals surface area contributed by atoms with E-state index in [1.807, 2.05) is 13.8 Å². The Kier molecular flexibility index (Phi) is 1.88. The predicted molar refractivity (Wildman–Crippen MR) is 37.6 cm³/mol. The molecule has 1 rings (SSSR count). The van der Waals surface area contributed by atoms with Crippen molar-refractivity contribution in [3.63, 3.8) is 0 Å². The van der Waals surface area contributed by atoms with E-state index >= 15 is 0 Å². The molecule has 1 aliphatic rings. The lowest BCUT2D eigenvalue weighted by Gasteiger charge is -2.09. The quantitative estimate of drug-likeness (QED) is 0.513. The molecular weight excluding hydrogens is 128 g/mol. The minimum Gasteiger partial charge on any atom is -0.299 e. The first kappa shape index (κ1) is 7.45. The van der Waals surface area contributed by atoms with Gasteiger partial charge in [0.25, 0.3) is 0 Å². The van der Waals surface area contributed by atoms with Gasteiger partial charge < -0.3 is 0 Å². The fourth-order valence-electron chi connectivity index (χ4n) is 1.36. The van der Waals surface area contributed by atoms with Crippen LogP contribution in [0, 0.1) is 11.8 Å². The summed E-state index contributed by atoms with van der Waals surface area (Å²) in [6.45, 7) is 3.97. The molecule has 1 unspecified atom stereocenters. The van der Waals surface area contributed by atoms with Crippen molar-refractivity contribution in [3.8, 4) is 0 Å². The van der Waals surface area contributed by atoms with Gasteiger partial charge in [-0.1, -0.05) is 13.8 Å². The normalized spacial score (nSPS) is 26.5. The van der Waals surface area contributed by atoms with Gasteiger partial charge in [-0.05, 0) is 5.92 Å². The van der Waals surface area contributed by atoms with E-state index < -0.39 is 0 Å². The van der Waals surface area contributed by atoms with Crippen molar-refractivity contribution < 1.29 is 9.59 Å². The monoisotopic (exact) mass is 140 g/mol. The molecule has 0 radical (unpaired) electrons. The van der Waals surface area contributed by atoms with Crippen molar-refractivity contribution in [2.24, 2.45) is 11.8 Å². The average molecular weight is 140 g/mol. The zero-order valence-electron chi connectivity index (χ0n) is 6.39. The minimum absolute atomic E-state index is 0.0208. The van der Waals surface area contributed by atoms with Gasteiger partial charge >= 0.3 is 0 Å². The second-order valence-corrected chi connectivity index (χ2v) is 3.24. The van der Waals surface area contributed by atoms with Crippen LogP contribution in [0.3, 0.4) is 0 Å². The van der Waals surface area contributed by atoms with Crippen LogP contribution in [0.5, 0.6) is 0 Å². The minimum atomic E-state index is 0.0208. The molecule has 2 nitrogen and oxygen atoms in total. The third kappa shape index (κ3) is 1.25. The molecule has 0 aliphatic heterocycles. The van der Waals surface area contributed by atoms with Crippen LogP contribution in [0.1, 0.15) is 26.7 Å². The van der Waals surface area contributed by atoms with Gasteiger partial charge in [-0.15, -0.1) is 0 Å². The van der Waals surface area contributed by atoms with Crippen molar-refractivity contribution in [1.82, 2.24) is 0 Å². The summed E-state index contributed by atoms with van der Waals surface area (Å²) < 4.78 is 0. The van der Waals surface area contributed by atoms with E-state index in [4.69, 9.17) is 0 Å². The molecule has 1 fully saturated rings. The molecule has 0 bridgehead atoms. The number of carbonyl (C=O) groups excluding carboxylic acids is 2. The van der Waals surface area contributed by atoms with Crippen LogP contribution >= 0.6 is 0 Å². The highest BCUT2D eigenvalue weighted by atomic mass is 16.2. The predicted octanol–water partition coefficient (Wildman–Crippen LogP) is 1.19. The lowest BCUT2D eigenvalue weighted by molar-refractivity contribution is -0.123. The van der Waals surface area contributed by atoms with Gasteiger partial charge in [-0.3, -0.25) is 9.59 Å². The molecule has 0 amide bonds. The molecule has 0 saturated heterocycles. The van der Waals surface area contributed by atoms with Crippen molar-refractivity contribution in [3.05, 3.63) is 0 Å². The summed E-state index contributed by atoms with van der Waals surface area (Å²) in [7, 11) is 0. The Morgan fingerprint density at radius 3 is 2.20 bits per heavy atom. The Bertz CT molecular complexity index is 170. The van der Waals surface area contributed by atoms with Crippen molar-refractivity contribution >= 4 is 11.6 Å². The number of carbonyl (C=O) groups is 2. The van der Waals surface area contributed by atoms with Gasteiger partial charge in [0.2, 0.25) is 0 Å². The lowest BCUT2D eigenvalue weighted by atomic mass is 9.94. The summed E-state index contributed by atoms with van der Waals surface area (Å²) in [4.78, 5) is 21.8. The van der Waals surface area contributed by atoms with Crippen LogP contribution in [0.25, 0.3) is 0 Å². The second kappa shape index (κ2) is 2.52. The topological polar surface area (TPSA) is 34.1 Å². The fourth-order valence-corrected chi connectivity index (χ4v) is 1.36. The molecule has 1 atom stereocenters. The summed E-state index contributed by atoms with van der Waals surface area (Å²) in [6, 6.07) is 0. The van der Waals surface area contributed by atoms with Crippen LogP contribution < -0.4 is 0 Å². The molecular formula is C8H12O2. The molecule has 2 heteroatoms. The third-order valence-electron chi connectivity index (χ3n) is 2.04. The molecule has 0 N–H and O–H groups in total. The molecule has 0 spiro atoms. The van der Waals surface area contributed by atoms with Crippen LogP contribution in [0.15, 0.2) is 0 Å². The first-order chi connectivity index (χ1) is 4.61. The van der Waals surface area contributed by atoms with Gasteiger partial charge in [0.15, 0.2) is 0 Å². The van der Waals surface area contributed by atoms with E-state index in [1.54, 1.807) is 0 Å². The SMILES string of the molecule is CC(C)C1CC(=O)CC1=O. The number of rotatable bonds is 1. The van der Waals surface area contributed by atoms with Crippen molar-refractivity contribution in [1.29, 1.82) is 0 Å². The highest BCUT2D eigenvalue weighted by molar-refractivity contribution is 6.07. The van der Waals surface area contributed by atoms with Crippen molar-refractivity contribution in [2.75, 3.05) is 0 Å². The lowest BCUT2D eigenvalue weighted by Crippen LogP contribution is -2.12. The molecule has 0 aromatic rings. The number of hydrogen-bond donors (Lipinski definition) is 0. The molecule has 10 heavy (non-hydrogen) atoms. The van der Waals surface area contributed by atoms with E-state index in [9.17, 15) is 9.59 Å². The fraction of sp³-hybridized carbons (Fsp3) is 0.750. The summed E-state index contributed by atoms with van der Waals surface area (Å²) in [5.41, 5.74) is 0. The van der Waals surface area contributed by atoms with Gasteiger partial charge in [0.05, 0.1) is 6.42 Å². The van der Waals surface area contributed by atoms with E-state index in [-0.39, 0.29) is 23.9 Å². The number of Topliss-reactive ketones (excluding diaryl/α,β-unsaturated/α-hetero) is 2. The average Bonchev–Trinajstić information content (AvgIpc) is 2.10. The summed E-state index contributed by atoms with van der Waals surface area (Å²) in [5.74, 6) is 0.607. The Balaban J connectivity index is 2.63. The van der Waals surface area contributed by atoms with E-state index in [0.29, 0.717) is 12.3 Å². The second-order valence-electron chi connectivity index (χ2n) is 3.24. The van der Waals surface area contributed by atoms with Gasteiger partial charge in [-0.2, -0.15) is 0 Å². The van der Waals surface area contributed by atoms with Crippen molar-refractivity contribution in [2.45, 2.75) is 26.7 Å².